The standard InChI is InChI=1S/C28H26N2O4S/c1-3-33-28(32)24-20-12-5-7-14-23(20)35-27(24)30-26-21(16-18-10-4-6-13-22(18)34-26)25(31)29-19-11-8-9-17(2)15-19/h4,6,8-11,13,15-16H,3,5,7,12,14H2,1-2H3,(H,29,31). The average molecular weight is 487 g/mol. The molecule has 4 aromatic rings. The SMILES string of the molecule is CCOC(=O)c1c(N=c2oc3ccccc3cc2C(=O)Nc2cccc(C)c2)sc2c1CCCC2. The van der Waals surface area contributed by atoms with E-state index in [9.17, 15) is 9.59 Å². The van der Waals surface area contributed by atoms with E-state index in [1.165, 1.54) is 11.3 Å². The molecule has 2 aromatic heterocycles. The number of hydrogen-bond acceptors (Lipinski definition) is 6. The van der Waals surface area contributed by atoms with Crippen molar-refractivity contribution in [2.24, 2.45) is 4.99 Å². The minimum Gasteiger partial charge on any atom is -0.462 e. The number of ether oxygens (including phenoxy) is 1. The first-order valence-corrected chi connectivity index (χ1v) is 12.6. The van der Waals surface area contributed by atoms with Crippen LogP contribution in [0.4, 0.5) is 10.7 Å². The summed E-state index contributed by atoms with van der Waals surface area (Å²) in [4.78, 5) is 32.2. The van der Waals surface area contributed by atoms with Crippen LogP contribution < -0.4 is 10.9 Å². The lowest BCUT2D eigenvalue weighted by Gasteiger charge is -2.11. The van der Waals surface area contributed by atoms with E-state index in [1.54, 1.807) is 13.0 Å². The highest BCUT2D eigenvalue weighted by molar-refractivity contribution is 7.16. The van der Waals surface area contributed by atoms with Gasteiger partial charge in [-0.2, -0.15) is 0 Å². The summed E-state index contributed by atoms with van der Waals surface area (Å²) in [6.45, 7) is 4.05. The number of esters is 1. The Balaban J connectivity index is 1.67. The van der Waals surface area contributed by atoms with E-state index in [1.807, 2.05) is 55.5 Å². The molecular weight excluding hydrogens is 460 g/mol. The molecule has 7 heteroatoms. The maximum Gasteiger partial charge on any atom is 0.341 e. The Kier molecular flexibility index (Phi) is 6.51. The van der Waals surface area contributed by atoms with Crippen LogP contribution in [0.25, 0.3) is 11.0 Å². The Labute approximate surface area is 207 Å². The molecule has 0 bridgehead atoms. The van der Waals surface area contributed by atoms with E-state index in [0.717, 1.165) is 47.1 Å². The molecule has 0 unspecified atom stereocenters. The Hall–Kier alpha value is -3.71. The third-order valence-electron chi connectivity index (χ3n) is 6.01. The number of fused-ring (bicyclic) bond motifs is 2. The summed E-state index contributed by atoms with van der Waals surface area (Å²) in [6.07, 6.45) is 3.85. The first-order chi connectivity index (χ1) is 17.0. The van der Waals surface area contributed by atoms with Crippen molar-refractivity contribution in [3.63, 3.8) is 0 Å². The molecule has 0 radical (unpaired) electrons. The average Bonchev–Trinajstić information content (AvgIpc) is 3.21. The second kappa shape index (κ2) is 9.88. The molecule has 35 heavy (non-hydrogen) atoms. The van der Waals surface area contributed by atoms with Crippen molar-refractivity contribution < 1.29 is 18.7 Å². The summed E-state index contributed by atoms with van der Waals surface area (Å²) in [5.41, 5.74) is 4.32. The van der Waals surface area contributed by atoms with E-state index >= 15 is 0 Å². The topological polar surface area (TPSA) is 80.9 Å². The Morgan fingerprint density at radius 1 is 1.09 bits per heavy atom. The Morgan fingerprint density at radius 3 is 2.74 bits per heavy atom. The van der Waals surface area contributed by atoms with Gasteiger partial charge in [0, 0.05) is 16.0 Å². The summed E-state index contributed by atoms with van der Waals surface area (Å²) >= 11 is 1.48. The molecule has 0 aliphatic heterocycles. The van der Waals surface area contributed by atoms with Gasteiger partial charge in [0.25, 0.3) is 5.91 Å². The molecule has 6 nitrogen and oxygen atoms in total. The molecule has 2 heterocycles. The number of nitrogens with one attached hydrogen (secondary N) is 1. The largest absolute Gasteiger partial charge is 0.462 e. The predicted octanol–water partition coefficient (Wildman–Crippen LogP) is 6.34. The highest BCUT2D eigenvalue weighted by Gasteiger charge is 2.27. The molecule has 2 aromatic carbocycles. The van der Waals surface area contributed by atoms with Crippen molar-refractivity contribution in [1.29, 1.82) is 0 Å². The van der Waals surface area contributed by atoms with E-state index in [0.29, 0.717) is 27.4 Å². The fourth-order valence-electron chi connectivity index (χ4n) is 4.37. The maximum atomic E-state index is 13.4. The highest BCUT2D eigenvalue weighted by atomic mass is 32.1. The highest BCUT2D eigenvalue weighted by Crippen LogP contribution is 2.40. The molecule has 1 aliphatic rings. The van der Waals surface area contributed by atoms with Crippen LogP contribution in [0, 0.1) is 6.92 Å². The van der Waals surface area contributed by atoms with Crippen LogP contribution in [-0.2, 0) is 17.6 Å². The molecule has 0 fully saturated rings. The third-order valence-corrected chi connectivity index (χ3v) is 7.20. The van der Waals surface area contributed by atoms with Gasteiger partial charge in [-0.3, -0.25) is 4.79 Å². The molecule has 1 aliphatic carbocycles. The molecular formula is C28H26N2O4S. The van der Waals surface area contributed by atoms with Crippen LogP contribution in [0.15, 0.2) is 64.0 Å². The van der Waals surface area contributed by atoms with Crippen molar-refractivity contribution in [2.45, 2.75) is 39.5 Å². The van der Waals surface area contributed by atoms with Gasteiger partial charge < -0.3 is 14.5 Å². The van der Waals surface area contributed by atoms with E-state index in [-0.39, 0.29) is 24.0 Å². The van der Waals surface area contributed by atoms with Gasteiger partial charge >= 0.3 is 5.97 Å². The number of carbonyl (C=O) groups excluding carboxylic acids is 2. The number of thiophene rings is 1. The number of benzene rings is 2. The van der Waals surface area contributed by atoms with Crippen LogP contribution in [0.1, 0.15) is 56.5 Å². The number of nitrogens with zero attached hydrogens (tertiary/aromatic N) is 1. The van der Waals surface area contributed by atoms with E-state index < -0.39 is 0 Å². The van der Waals surface area contributed by atoms with Gasteiger partial charge in [-0.25, -0.2) is 9.79 Å². The number of carbonyl (C=O) groups is 2. The second-order valence-electron chi connectivity index (χ2n) is 8.55. The summed E-state index contributed by atoms with van der Waals surface area (Å²) in [7, 11) is 0. The van der Waals surface area contributed by atoms with Crippen molar-refractivity contribution in [3.8, 4) is 0 Å². The van der Waals surface area contributed by atoms with Crippen molar-refractivity contribution in [3.05, 3.63) is 87.3 Å². The monoisotopic (exact) mass is 486 g/mol. The molecule has 0 saturated heterocycles. The lowest BCUT2D eigenvalue weighted by atomic mass is 9.95. The van der Waals surface area contributed by atoms with Crippen LogP contribution in [0.2, 0.25) is 0 Å². The fourth-order valence-corrected chi connectivity index (χ4v) is 5.62. The van der Waals surface area contributed by atoms with Crippen molar-refractivity contribution in [2.75, 3.05) is 11.9 Å². The number of amides is 1. The zero-order valence-electron chi connectivity index (χ0n) is 19.7. The summed E-state index contributed by atoms with van der Waals surface area (Å²) < 4.78 is 11.5. The van der Waals surface area contributed by atoms with Gasteiger partial charge in [0.2, 0.25) is 5.55 Å². The Bertz CT molecular complexity index is 1500. The van der Waals surface area contributed by atoms with Gasteiger partial charge in [0.1, 0.15) is 16.1 Å². The molecule has 0 spiro atoms. The van der Waals surface area contributed by atoms with Gasteiger partial charge in [-0.05, 0) is 74.9 Å². The van der Waals surface area contributed by atoms with Crippen LogP contribution in [-0.4, -0.2) is 18.5 Å². The van der Waals surface area contributed by atoms with Crippen LogP contribution in [0.3, 0.4) is 0 Å². The second-order valence-corrected chi connectivity index (χ2v) is 9.63. The minimum atomic E-state index is -0.378. The number of hydrogen-bond donors (Lipinski definition) is 1. The smallest absolute Gasteiger partial charge is 0.341 e. The molecule has 1 N–H and O–H groups in total. The van der Waals surface area contributed by atoms with Crippen LogP contribution >= 0.6 is 11.3 Å². The normalized spacial score (nSPS) is 13.5. The summed E-state index contributed by atoms with van der Waals surface area (Å²) in [5.74, 6) is -0.708. The lowest BCUT2D eigenvalue weighted by molar-refractivity contribution is 0.0526. The molecule has 0 saturated carbocycles. The Morgan fingerprint density at radius 2 is 1.91 bits per heavy atom. The van der Waals surface area contributed by atoms with E-state index in [4.69, 9.17) is 14.1 Å². The third kappa shape index (κ3) is 4.77. The predicted molar refractivity (Wildman–Crippen MR) is 137 cm³/mol. The van der Waals surface area contributed by atoms with Crippen molar-refractivity contribution >= 4 is 44.9 Å². The van der Waals surface area contributed by atoms with Crippen molar-refractivity contribution in [1.82, 2.24) is 0 Å². The van der Waals surface area contributed by atoms with E-state index in [2.05, 4.69) is 5.32 Å². The quantitative estimate of drug-likeness (QED) is 0.334. The molecule has 0 atom stereocenters. The summed E-state index contributed by atoms with van der Waals surface area (Å²) in [5, 5.41) is 4.27. The molecule has 1 amide bonds. The zero-order chi connectivity index (χ0) is 24.4. The number of para-hydroxylation sites is 1. The lowest BCUT2D eigenvalue weighted by Crippen LogP contribution is -2.21. The molecule has 178 valence electrons. The van der Waals surface area contributed by atoms with Gasteiger partial charge in [0.05, 0.1) is 12.2 Å². The minimum absolute atomic E-state index is 0.165. The first kappa shape index (κ1) is 23.1. The zero-order valence-corrected chi connectivity index (χ0v) is 20.5. The summed E-state index contributed by atoms with van der Waals surface area (Å²) in [6, 6.07) is 16.9. The van der Waals surface area contributed by atoms with Crippen LogP contribution in [0.5, 0.6) is 0 Å². The number of anilines is 1. The van der Waals surface area contributed by atoms with Gasteiger partial charge in [-0.15, -0.1) is 11.3 Å². The van der Waals surface area contributed by atoms with Gasteiger partial charge in [0.15, 0.2) is 0 Å². The maximum absolute atomic E-state index is 13.4. The molecule has 5 rings (SSSR count). The number of rotatable bonds is 5. The van der Waals surface area contributed by atoms with Gasteiger partial charge in [-0.1, -0.05) is 30.3 Å². The fraction of sp³-hybridized carbons (Fsp3) is 0.250. The first-order valence-electron chi connectivity index (χ1n) is 11.8. The number of aryl methyl sites for hydroxylation is 2.